The first-order valence-corrected chi connectivity index (χ1v) is 13.3. The SMILES string of the molecule is CC(O)C(F)(F)c1ccc(CC(=O)Cc2ccc(-c3nccnc3N3CCN(C(=O)C4CC4)CC3)cc2)cc1. The van der Waals surface area contributed by atoms with Gasteiger partial charge in [0.15, 0.2) is 5.82 Å². The van der Waals surface area contributed by atoms with Gasteiger partial charge >= 0.3 is 0 Å². The lowest BCUT2D eigenvalue weighted by molar-refractivity contribution is -0.132. The lowest BCUT2D eigenvalue weighted by Crippen LogP contribution is -2.49. The van der Waals surface area contributed by atoms with Crippen LogP contribution in [-0.2, 0) is 28.4 Å². The van der Waals surface area contributed by atoms with Gasteiger partial charge in [0.1, 0.15) is 17.6 Å². The van der Waals surface area contributed by atoms with Gasteiger partial charge in [0.2, 0.25) is 5.91 Å². The number of halogens is 2. The van der Waals surface area contributed by atoms with Crippen molar-refractivity contribution in [1.82, 2.24) is 14.9 Å². The number of benzene rings is 2. The molecule has 1 N–H and O–H groups in total. The standard InChI is InChI=1S/C30H32F2N4O3/c1-20(37)30(31,32)25-10-4-22(5-11-25)19-26(38)18-21-2-6-23(7-3-21)27-28(34-13-12-33-27)35-14-16-36(17-15-35)29(39)24-8-9-24/h2-7,10-13,20,24,37H,8-9,14-19H2,1H3. The van der Waals surface area contributed by atoms with Crippen LogP contribution in [0.2, 0.25) is 0 Å². The van der Waals surface area contributed by atoms with Gasteiger partial charge in [0.05, 0.1) is 0 Å². The fraction of sp³-hybridized carbons (Fsp3) is 0.400. The highest BCUT2D eigenvalue weighted by molar-refractivity contribution is 5.83. The maximum Gasteiger partial charge on any atom is 0.298 e. The summed E-state index contributed by atoms with van der Waals surface area (Å²) in [7, 11) is 0. The molecule has 204 valence electrons. The highest BCUT2D eigenvalue weighted by atomic mass is 19.3. The third kappa shape index (κ3) is 6.14. The molecular weight excluding hydrogens is 502 g/mol. The molecule has 1 aromatic heterocycles. The highest BCUT2D eigenvalue weighted by Gasteiger charge is 2.37. The van der Waals surface area contributed by atoms with Crippen molar-refractivity contribution in [2.45, 2.75) is 44.6 Å². The number of aliphatic hydroxyl groups is 1. The van der Waals surface area contributed by atoms with E-state index in [0.29, 0.717) is 31.7 Å². The molecule has 3 aromatic rings. The number of nitrogens with zero attached hydrogens (tertiary/aromatic N) is 4. The highest BCUT2D eigenvalue weighted by Crippen LogP contribution is 2.33. The Morgan fingerprint density at radius 1 is 0.923 bits per heavy atom. The quantitative estimate of drug-likeness (QED) is 0.446. The predicted octanol–water partition coefficient (Wildman–Crippen LogP) is 4.03. The first kappa shape index (κ1) is 26.9. The van der Waals surface area contributed by atoms with Crippen LogP contribution in [0.15, 0.2) is 60.9 Å². The second-order valence-electron chi connectivity index (χ2n) is 10.4. The largest absolute Gasteiger partial charge is 0.387 e. The third-order valence-electron chi connectivity index (χ3n) is 7.39. The average molecular weight is 535 g/mol. The second-order valence-corrected chi connectivity index (χ2v) is 10.4. The lowest BCUT2D eigenvalue weighted by Gasteiger charge is -2.36. The van der Waals surface area contributed by atoms with E-state index in [0.717, 1.165) is 42.4 Å². The molecule has 1 atom stereocenters. The number of hydrogen-bond donors (Lipinski definition) is 1. The van der Waals surface area contributed by atoms with Gasteiger partial charge in [0, 0.05) is 68.5 Å². The predicted molar refractivity (Wildman–Crippen MR) is 143 cm³/mol. The Balaban J connectivity index is 1.20. The molecule has 1 aliphatic heterocycles. The summed E-state index contributed by atoms with van der Waals surface area (Å²) in [6.45, 7) is 3.81. The van der Waals surface area contributed by atoms with Crippen LogP contribution >= 0.6 is 0 Å². The van der Waals surface area contributed by atoms with E-state index < -0.39 is 12.0 Å². The lowest BCUT2D eigenvalue weighted by atomic mass is 9.98. The Labute approximate surface area is 226 Å². The number of aliphatic hydroxyl groups excluding tert-OH is 1. The molecule has 2 heterocycles. The summed E-state index contributed by atoms with van der Waals surface area (Å²) in [6.07, 6.45) is 3.90. The molecule has 2 fully saturated rings. The summed E-state index contributed by atoms with van der Waals surface area (Å²) in [5.41, 5.74) is 2.86. The molecule has 1 saturated heterocycles. The molecule has 39 heavy (non-hydrogen) atoms. The molecule has 7 nitrogen and oxygen atoms in total. The topological polar surface area (TPSA) is 86.6 Å². The number of aromatic nitrogens is 2. The number of carbonyl (C=O) groups is 2. The van der Waals surface area contributed by atoms with Crippen LogP contribution in [0.4, 0.5) is 14.6 Å². The number of anilines is 1. The van der Waals surface area contributed by atoms with E-state index in [2.05, 4.69) is 14.9 Å². The van der Waals surface area contributed by atoms with E-state index in [1.54, 1.807) is 12.4 Å². The zero-order chi connectivity index (χ0) is 27.6. The van der Waals surface area contributed by atoms with E-state index in [-0.39, 0.29) is 36.0 Å². The number of carbonyl (C=O) groups excluding carboxylic acids is 2. The second kappa shape index (κ2) is 11.2. The van der Waals surface area contributed by atoms with E-state index in [4.69, 9.17) is 0 Å². The molecule has 2 aromatic carbocycles. The van der Waals surface area contributed by atoms with Gasteiger partial charge in [-0.25, -0.2) is 4.98 Å². The van der Waals surface area contributed by atoms with Gasteiger partial charge in [0.25, 0.3) is 5.92 Å². The minimum atomic E-state index is -3.34. The van der Waals surface area contributed by atoms with Crippen LogP contribution in [0.1, 0.15) is 36.5 Å². The first-order chi connectivity index (χ1) is 18.7. The summed E-state index contributed by atoms with van der Waals surface area (Å²) in [5.74, 6) is -2.09. The molecule has 0 bridgehead atoms. The number of alkyl halides is 2. The Hall–Kier alpha value is -3.72. The van der Waals surface area contributed by atoms with Gasteiger partial charge in [-0.15, -0.1) is 0 Å². The summed E-state index contributed by atoms with van der Waals surface area (Å²) in [6, 6.07) is 13.2. The van der Waals surface area contributed by atoms with Crippen LogP contribution in [0.5, 0.6) is 0 Å². The van der Waals surface area contributed by atoms with Crippen LogP contribution in [0.25, 0.3) is 11.3 Å². The number of Topliss-reactive ketones (excluding diaryl/α,β-unsaturated/α-hetero) is 1. The van der Waals surface area contributed by atoms with Gasteiger partial charge in [-0.1, -0.05) is 48.5 Å². The Morgan fingerprint density at radius 2 is 1.49 bits per heavy atom. The zero-order valence-electron chi connectivity index (χ0n) is 21.9. The van der Waals surface area contributed by atoms with Crippen molar-refractivity contribution in [3.8, 4) is 11.3 Å². The molecule has 1 saturated carbocycles. The van der Waals surface area contributed by atoms with E-state index in [1.807, 2.05) is 29.2 Å². The molecule has 1 amide bonds. The maximum absolute atomic E-state index is 14.0. The van der Waals surface area contributed by atoms with Crippen LogP contribution < -0.4 is 4.90 Å². The van der Waals surface area contributed by atoms with Gasteiger partial charge in [-0.05, 0) is 30.9 Å². The fourth-order valence-electron chi connectivity index (χ4n) is 4.88. The minimum absolute atomic E-state index is 0.0309. The minimum Gasteiger partial charge on any atom is -0.387 e. The molecule has 0 spiro atoms. The van der Waals surface area contributed by atoms with Crippen molar-refractivity contribution in [1.29, 1.82) is 0 Å². The van der Waals surface area contributed by atoms with E-state index in [9.17, 15) is 23.5 Å². The average Bonchev–Trinajstić information content (AvgIpc) is 3.79. The van der Waals surface area contributed by atoms with Crippen molar-refractivity contribution in [3.63, 3.8) is 0 Å². The Morgan fingerprint density at radius 3 is 2.05 bits per heavy atom. The summed E-state index contributed by atoms with van der Waals surface area (Å²) in [5, 5.41) is 9.31. The van der Waals surface area contributed by atoms with E-state index in [1.165, 1.54) is 24.3 Å². The Bertz CT molecular complexity index is 1320. The number of piperazine rings is 1. The molecule has 1 unspecified atom stereocenters. The fourth-order valence-corrected chi connectivity index (χ4v) is 4.88. The number of ketones is 1. The molecular formula is C30H32F2N4O3. The molecule has 2 aliphatic rings. The van der Waals surface area contributed by atoms with Crippen molar-refractivity contribution >= 4 is 17.5 Å². The van der Waals surface area contributed by atoms with Gasteiger partial charge < -0.3 is 14.9 Å². The van der Waals surface area contributed by atoms with E-state index >= 15 is 0 Å². The third-order valence-corrected chi connectivity index (χ3v) is 7.39. The molecule has 1 aliphatic carbocycles. The molecule has 0 radical (unpaired) electrons. The van der Waals surface area contributed by atoms with Crippen LogP contribution in [-0.4, -0.2) is 63.9 Å². The zero-order valence-corrected chi connectivity index (χ0v) is 21.9. The summed E-state index contributed by atoms with van der Waals surface area (Å²) < 4.78 is 28.0. The number of hydrogen-bond acceptors (Lipinski definition) is 6. The number of rotatable bonds is 9. The number of amides is 1. The Kier molecular flexibility index (Phi) is 7.70. The summed E-state index contributed by atoms with van der Waals surface area (Å²) in [4.78, 5) is 38.3. The maximum atomic E-state index is 14.0. The summed E-state index contributed by atoms with van der Waals surface area (Å²) >= 11 is 0. The normalized spacial score (nSPS) is 16.7. The van der Waals surface area contributed by atoms with Crippen molar-refractivity contribution in [2.24, 2.45) is 5.92 Å². The first-order valence-electron chi connectivity index (χ1n) is 13.3. The van der Waals surface area contributed by atoms with Crippen molar-refractivity contribution < 1.29 is 23.5 Å². The van der Waals surface area contributed by atoms with Gasteiger partial charge in [-0.2, -0.15) is 8.78 Å². The van der Waals surface area contributed by atoms with Crippen molar-refractivity contribution in [2.75, 3.05) is 31.1 Å². The monoisotopic (exact) mass is 534 g/mol. The van der Waals surface area contributed by atoms with Crippen molar-refractivity contribution in [3.05, 3.63) is 77.6 Å². The van der Waals surface area contributed by atoms with Crippen LogP contribution in [0.3, 0.4) is 0 Å². The smallest absolute Gasteiger partial charge is 0.298 e. The van der Waals surface area contributed by atoms with Gasteiger partial charge in [-0.3, -0.25) is 14.6 Å². The van der Waals surface area contributed by atoms with Crippen LogP contribution in [0, 0.1) is 5.92 Å². The molecule has 5 rings (SSSR count). The molecule has 9 heteroatoms.